The van der Waals surface area contributed by atoms with Gasteiger partial charge in [0.25, 0.3) is 5.91 Å². The summed E-state index contributed by atoms with van der Waals surface area (Å²) in [5.74, 6) is -0.372. The lowest BCUT2D eigenvalue weighted by atomic mass is 9.93. The number of nitrogens with zero attached hydrogens (tertiary/aromatic N) is 3. The molecule has 6 heteroatoms. The van der Waals surface area contributed by atoms with Crippen LogP contribution < -0.4 is 5.32 Å². The maximum Gasteiger partial charge on any atom is 0.346 e. The summed E-state index contributed by atoms with van der Waals surface area (Å²) in [5, 5.41) is 16.4. The van der Waals surface area contributed by atoms with Gasteiger partial charge in [-0.1, -0.05) is 42.5 Å². The number of hydrazone groups is 1. The summed E-state index contributed by atoms with van der Waals surface area (Å²) in [5.41, 5.74) is 1.36. The van der Waals surface area contributed by atoms with Crippen molar-refractivity contribution in [1.29, 1.82) is 5.26 Å². The van der Waals surface area contributed by atoms with E-state index in [1.54, 1.807) is 31.2 Å². The Hall–Kier alpha value is -3.46. The van der Waals surface area contributed by atoms with Gasteiger partial charge in [-0.15, -0.1) is 5.01 Å². The van der Waals surface area contributed by atoms with Gasteiger partial charge >= 0.3 is 6.03 Å². The molecule has 26 heavy (non-hydrogen) atoms. The van der Waals surface area contributed by atoms with Gasteiger partial charge in [0.15, 0.2) is 0 Å². The molecule has 6 nitrogen and oxygen atoms in total. The van der Waals surface area contributed by atoms with E-state index < -0.39 is 11.6 Å². The van der Waals surface area contributed by atoms with Crippen LogP contribution in [0.25, 0.3) is 0 Å². The number of hydrogen-bond donors (Lipinski definition) is 1. The van der Waals surface area contributed by atoms with Crippen LogP contribution in [-0.2, 0) is 11.2 Å². The molecule has 0 spiro atoms. The van der Waals surface area contributed by atoms with E-state index in [0.29, 0.717) is 24.0 Å². The Morgan fingerprint density at radius 1 is 1.15 bits per heavy atom. The average Bonchev–Trinajstić information content (AvgIpc) is 2.88. The van der Waals surface area contributed by atoms with E-state index in [0.717, 1.165) is 10.6 Å². The molecule has 0 saturated carbocycles. The second-order valence-electron chi connectivity index (χ2n) is 6.34. The van der Waals surface area contributed by atoms with Gasteiger partial charge in [-0.2, -0.15) is 10.4 Å². The van der Waals surface area contributed by atoms with E-state index in [-0.39, 0.29) is 5.91 Å². The van der Waals surface area contributed by atoms with Gasteiger partial charge in [-0.05, 0) is 43.0 Å². The van der Waals surface area contributed by atoms with Crippen LogP contribution >= 0.6 is 0 Å². The highest BCUT2D eigenvalue weighted by Gasteiger charge is 2.47. The third-order valence-electron chi connectivity index (χ3n) is 4.36. The number of urea groups is 1. The van der Waals surface area contributed by atoms with Crippen LogP contribution in [0.15, 0.2) is 59.7 Å². The minimum atomic E-state index is -0.977. The summed E-state index contributed by atoms with van der Waals surface area (Å²) >= 11 is 0. The Morgan fingerprint density at radius 2 is 1.85 bits per heavy atom. The molecule has 1 atom stereocenters. The number of hydrogen-bond acceptors (Lipinski definition) is 4. The van der Waals surface area contributed by atoms with Crippen LogP contribution in [0.1, 0.15) is 30.0 Å². The van der Waals surface area contributed by atoms with Crippen LogP contribution in [0.2, 0.25) is 0 Å². The first-order valence-electron chi connectivity index (χ1n) is 8.27. The zero-order valence-electron chi connectivity index (χ0n) is 14.3. The highest BCUT2D eigenvalue weighted by atomic mass is 16.2. The molecular weight excluding hydrogens is 328 g/mol. The molecule has 1 saturated heterocycles. The summed E-state index contributed by atoms with van der Waals surface area (Å²) in [6.45, 7) is 1.72. The zero-order chi connectivity index (χ0) is 18.6. The first-order valence-corrected chi connectivity index (χ1v) is 8.27. The van der Waals surface area contributed by atoms with Crippen LogP contribution in [-0.4, -0.2) is 28.7 Å². The van der Waals surface area contributed by atoms with Crippen molar-refractivity contribution in [3.05, 3.63) is 71.3 Å². The topological polar surface area (TPSA) is 85.6 Å². The Kier molecular flexibility index (Phi) is 4.81. The molecule has 2 aromatic carbocycles. The fourth-order valence-corrected chi connectivity index (χ4v) is 2.75. The number of rotatable bonds is 5. The Morgan fingerprint density at radius 3 is 2.50 bits per heavy atom. The van der Waals surface area contributed by atoms with Crippen molar-refractivity contribution in [2.45, 2.75) is 25.3 Å². The highest BCUT2D eigenvalue weighted by Crippen LogP contribution is 2.23. The highest BCUT2D eigenvalue weighted by molar-refractivity contribution is 6.07. The van der Waals surface area contributed by atoms with Crippen molar-refractivity contribution in [1.82, 2.24) is 10.3 Å². The lowest BCUT2D eigenvalue weighted by Gasteiger charge is -2.20. The molecule has 0 unspecified atom stereocenters. The largest absolute Gasteiger partial charge is 0.346 e. The van der Waals surface area contributed by atoms with Gasteiger partial charge in [0.05, 0.1) is 17.8 Å². The number of amides is 3. The van der Waals surface area contributed by atoms with Crippen molar-refractivity contribution < 1.29 is 9.59 Å². The summed E-state index contributed by atoms with van der Waals surface area (Å²) in [7, 11) is 0. The SMILES string of the molecule is C[C@@]1(CCc2ccccc2)NC(=O)N(/N=C\c2ccc(C#N)cc2)C1=O. The first kappa shape index (κ1) is 17.4. The number of aryl methyl sites for hydroxylation is 1. The molecule has 0 radical (unpaired) electrons. The predicted molar refractivity (Wildman–Crippen MR) is 97.3 cm³/mol. The van der Waals surface area contributed by atoms with Gasteiger partial charge < -0.3 is 5.32 Å². The zero-order valence-corrected chi connectivity index (χ0v) is 14.3. The Balaban J connectivity index is 1.69. The van der Waals surface area contributed by atoms with Crippen LogP contribution in [0, 0.1) is 11.3 Å². The monoisotopic (exact) mass is 346 g/mol. The quantitative estimate of drug-likeness (QED) is 0.667. The minimum Gasteiger partial charge on any atom is -0.322 e. The van der Waals surface area contributed by atoms with Crippen molar-refractivity contribution in [3.63, 3.8) is 0 Å². The number of benzene rings is 2. The lowest BCUT2D eigenvalue weighted by molar-refractivity contribution is -0.130. The molecule has 130 valence electrons. The fourth-order valence-electron chi connectivity index (χ4n) is 2.75. The third-order valence-corrected chi connectivity index (χ3v) is 4.36. The van der Waals surface area contributed by atoms with Gasteiger partial charge in [-0.25, -0.2) is 4.79 Å². The van der Waals surface area contributed by atoms with Crippen LogP contribution in [0.5, 0.6) is 0 Å². The number of imide groups is 1. The molecule has 1 N–H and O–H groups in total. The number of carbonyl (C=O) groups excluding carboxylic acids is 2. The van der Waals surface area contributed by atoms with E-state index in [2.05, 4.69) is 10.4 Å². The second-order valence-corrected chi connectivity index (χ2v) is 6.34. The molecule has 0 bridgehead atoms. The molecule has 3 rings (SSSR count). The van der Waals surface area contributed by atoms with E-state index in [1.165, 1.54) is 6.21 Å². The molecule has 0 aromatic heterocycles. The lowest BCUT2D eigenvalue weighted by Crippen LogP contribution is -2.44. The van der Waals surface area contributed by atoms with Crippen molar-refractivity contribution in [3.8, 4) is 6.07 Å². The average molecular weight is 346 g/mol. The second kappa shape index (κ2) is 7.19. The first-order chi connectivity index (χ1) is 12.5. The smallest absolute Gasteiger partial charge is 0.322 e. The summed E-state index contributed by atoms with van der Waals surface area (Å²) < 4.78 is 0. The molecule has 3 amide bonds. The Labute approximate surface area is 151 Å². The molecule has 1 aliphatic heterocycles. The van der Waals surface area contributed by atoms with Gasteiger partial charge in [0.1, 0.15) is 5.54 Å². The van der Waals surface area contributed by atoms with Crippen LogP contribution in [0.4, 0.5) is 4.79 Å². The standard InChI is InChI=1S/C20H18N4O2/c1-20(12-11-15-5-3-2-4-6-15)18(25)24(19(26)23-20)22-14-17-9-7-16(13-21)8-10-17/h2-10,14H,11-12H2,1H3,(H,23,26)/b22-14-/t20-/m0/s1. The maximum atomic E-state index is 12.7. The molecule has 1 fully saturated rings. The normalized spacial score (nSPS) is 19.6. The summed E-state index contributed by atoms with van der Waals surface area (Å²) in [6, 6.07) is 18.0. The summed E-state index contributed by atoms with van der Waals surface area (Å²) in [4.78, 5) is 24.8. The molecule has 1 aliphatic rings. The van der Waals surface area contributed by atoms with E-state index in [4.69, 9.17) is 5.26 Å². The number of carbonyl (C=O) groups is 2. The van der Waals surface area contributed by atoms with Crippen molar-refractivity contribution >= 4 is 18.2 Å². The molecular formula is C20H18N4O2. The molecule has 2 aromatic rings. The van der Waals surface area contributed by atoms with Crippen molar-refractivity contribution in [2.75, 3.05) is 0 Å². The van der Waals surface area contributed by atoms with Gasteiger partial charge in [0.2, 0.25) is 0 Å². The summed E-state index contributed by atoms with van der Waals surface area (Å²) in [6.07, 6.45) is 2.60. The minimum absolute atomic E-state index is 0.372. The predicted octanol–water partition coefficient (Wildman–Crippen LogP) is 2.84. The van der Waals surface area contributed by atoms with E-state index >= 15 is 0 Å². The van der Waals surface area contributed by atoms with Gasteiger partial charge in [-0.3, -0.25) is 4.79 Å². The van der Waals surface area contributed by atoms with E-state index in [1.807, 2.05) is 36.4 Å². The Bertz CT molecular complexity index is 884. The number of nitriles is 1. The number of nitrogens with one attached hydrogen (secondary N) is 1. The van der Waals surface area contributed by atoms with E-state index in [9.17, 15) is 9.59 Å². The molecule has 1 heterocycles. The fraction of sp³-hybridized carbons (Fsp3) is 0.200. The molecule has 0 aliphatic carbocycles. The van der Waals surface area contributed by atoms with Crippen LogP contribution in [0.3, 0.4) is 0 Å². The van der Waals surface area contributed by atoms with Crippen molar-refractivity contribution in [2.24, 2.45) is 5.10 Å². The third kappa shape index (κ3) is 3.62. The van der Waals surface area contributed by atoms with Gasteiger partial charge in [0, 0.05) is 0 Å². The maximum absolute atomic E-state index is 12.7.